The molecule has 0 aromatic heterocycles. The molecular formula is C8H14O2. The van der Waals surface area contributed by atoms with Crippen molar-refractivity contribution in [2.45, 2.75) is 19.3 Å². The molecule has 2 fully saturated rings. The van der Waals surface area contributed by atoms with E-state index in [0.29, 0.717) is 17.9 Å². The van der Waals surface area contributed by atoms with Gasteiger partial charge >= 0.3 is 0 Å². The van der Waals surface area contributed by atoms with E-state index in [9.17, 15) is 0 Å². The van der Waals surface area contributed by atoms with E-state index in [1.165, 1.54) is 19.3 Å². The molecule has 1 N–H and O–H groups in total. The van der Waals surface area contributed by atoms with Crippen molar-refractivity contribution in [2.75, 3.05) is 19.8 Å². The van der Waals surface area contributed by atoms with Crippen LogP contribution in [0.3, 0.4) is 0 Å². The third kappa shape index (κ3) is 0.867. The molecule has 1 saturated carbocycles. The fraction of sp³-hybridized carbons (Fsp3) is 1.00. The van der Waals surface area contributed by atoms with E-state index in [1.54, 1.807) is 0 Å². The lowest BCUT2D eigenvalue weighted by Crippen LogP contribution is -2.19. The summed E-state index contributed by atoms with van der Waals surface area (Å²) in [7, 11) is 0. The highest BCUT2D eigenvalue weighted by molar-refractivity contribution is 5.02. The van der Waals surface area contributed by atoms with Crippen LogP contribution in [0.15, 0.2) is 0 Å². The Kier molecular flexibility index (Phi) is 1.46. The van der Waals surface area contributed by atoms with Gasteiger partial charge in [-0.2, -0.15) is 0 Å². The molecule has 2 heteroatoms. The highest BCUT2D eigenvalue weighted by Crippen LogP contribution is 2.58. The second kappa shape index (κ2) is 2.21. The van der Waals surface area contributed by atoms with E-state index < -0.39 is 0 Å². The Morgan fingerprint density at radius 2 is 2.10 bits per heavy atom. The first-order valence-electron chi connectivity index (χ1n) is 4.06. The topological polar surface area (TPSA) is 29.5 Å². The number of hydrogen-bond acceptors (Lipinski definition) is 2. The maximum atomic E-state index is 8.88. The van der Waals surface area contributed by atoms with Crippen molar-refractivity contribution in [3.05, 3.63) is 0 Å². The molecular weight excluding hydrogens is 128 g/mol. The predicted molar refractivity (Wildman–Crippen MR) is 37.7 cm³/mol. The summed E-state index contributed by atoms with van der Waals surface area (Å²) >= 11 is 0. The van der Waals surface area contributed by atoms with E-state index in [2.05, 4.69) is 0 Å². The van der Waals surface area contributed by atoms with Crippen molar-refractivity contribution in [3.63, 3.8) is 0 Å². The van der Waals surface area contributed by atoms with Gasteiger partial charge in [0.05, 0.1) is 0 Å². The molecule has 2 nitrogen and oxygen atoms in total. The molecule has 1 spiro atoms. The summed E-state index contributed by atoms with van der Waals surface area (Å²) in [5, 5.41) is 8.88. The van der Waals surface area contributed by atoms with Gasteiger partial charge in [-0.3, -0.25) is 0 Å². The largest absolute Gasteiger partial charge is 0.396 e. The maximum absolute atomic E-state index is 8.88. The average Bonchev–Trinajstić information content (AvgIpc) is 2.65. The van der Waals surface area contributed by atoms with Crippen LogP contribution < -0.4 is 0 Å². The molecule has 1 atom stereocenters. The van der Waals surface area contributed by atoms with Crippen molar-refractivity contribution < 1.29 is 9.84 Å². The van der Waals surface area contributed by atoms with Gasteiger partial charge in [0.25, 0.3) is 0 Å². The Morgan fingerprint density at radius 1 is 1.40 bits per heavy atom. The van der Waals surface area contributed by atoms with Crippen molar-refractivity contribution in [1.29, 1.82) is 0 Å². The average molecular weight is 142 g/mol. The first kappa shape index (κ1) is 6.62. The Morgan fingerprint density at radius 3 is 2.60 bits per heavy atom. The van der Waals surface area contributed by atoms with Gasteiger partial charge in [-0.25, -0.2) is 0 Å². The maximum Gasteiger partial charge on any atom is 0.0471 e. The summed E-state index contributed by atoms with van der Waals surface area (Å²) in [5.41, 5.74) is 0.521. The number of ether oxygens (including phenoxy) is 1. The summed E-state index contributed by atoms with van der Waals surface area (Å²) in [6.45, 7) is 2.22. The van der Waals surface area contributed by atoms with E-state index in [0.717, 1.165) is 13.2 Å². The van der Waals surface area contributed by atoms with Gasteiger partial charge in [-0.1, -0.05) is 0 Å². The fourth-order valence-corrected chi connectivity index (χ4v) is 2.08. The summed E-state index contributed by atoms with van der Waals surface area (Å²) in [4.78, 5) is 0. The van der Waals surface area contributed by atoms with E-state index in [1.807, 2.05) is 0 Å². The molecule has 10 heavy (non-hydrogen) atoms. The number of aliphatic hydroxyl groups is 1. The van der Waals surface area contributed by atoms with Crippen LogP contribution in [-0.2, 0) is 4.74 Å². The quantitative estimate of drug-likeness (QED) is 0.586. The van der Waals surface area contributed by atoms with Gasteiger partial charge < -0.3 is 9.84 Å². The lowest BCUT2D eigenvalue weighted by Gasteiger charge is -2.22. The Bertz CT molecular complexity index is 127. The highest BCUT2D eigenvalue weighted by atomic mass is 16.5. The lowest BCUT2D eigenvalue weighted by molar-refractivity contribution is 0.0478. The first-order chi connectivity index (χ1) is 4.87. The van der Waals surface area contributed by atoms with Gasteiger partial charge in [0.15, 0.2) is 0 Å². The molecule has 0 aromatic rings. The van der Waals surface area contributed by atoms with Crippen molar-refractivity contribution in [3.8, 4) is 0 Å². The van der Waals surface area contributed by atoms with Crippen LogP contribution in [-0.4, -0.2) is 24.9 Å². The van der Waals surface area contributed by atoms with E-state index in [-0.39, 0.29) is 0 Å². The zero-order valence-corrected chi connectivity index (χ0v) is 6.18. The van der Waals surface area contributed by atoms with Gasteiger partial charge in [0, 0.05) is 19.8 Å². The standard InChI is InChI=1S/C8H14O2/c9-6-7-5-8(7)1-3-10-4-2-8/h7,9H,1-6H2. The van der Waals surface area contributed by atoms with Crippen molar-refractivity contribution >= 4 is 0 Å². The normalized spacial score (nSPS) is 36.3. The van der Waals surface area contributed by atoms with Gasteiger partial charge in [-0.05, 0) is 30.6 Å². The van der Waals surface area contributed by atoms with Crippen LogP contribution in [0.1, 0.15) is 19.3 Å². The van der Waals surface area contributed by atoms with E-state index in [4.69, 9.17) is 9.84 Å². The van der Waals surface area contributed by atoms with Crippen LogP contribution in [0, 0.1) is 11.3 Å². The number of rotatable bonds is 1. The zero-order valence-electron chi connectivity index (χ0n) is 6.18. The summed E-state index contributed by atoms with van der Waals surface area (Å²) in [6, 6.07) is 0. The van der Waals surface area contributed by atoms with Crippen LogP contribution in [0.5, 0.6) is 0 Å². The van der Waals surface area contributed by atoms with Gasteiger partial charge in [0.2, 0.25) is 0 Å². The zero-order chi connectivity index (χ0) is 7.03. The molecule has 58 valence electrons. The predicted octanol–water partition coefficient (Wildman–Crippen LogP) is 0.795. The molecule has 1 unspecified atom stereocenters. The summed E-state index contributed by atoms with van der Waals surface area (Å²) in [5.74, 6) is 0.608. The molecule has 0 radical (unpaired) electrons. The molecule has 0 aromatic carbocycles. The Labute approximate surface area is 61.2 Å². The molecule has 0 bridgehead atoms. The van der Waals surface area contributed by atoms with Crippen LogP contribution in [0.2, 0.25) is 0 Å². The van der Waals surface area contributed by atoms with Gasteiger partial charge in [-0.15, -0.1) is 0 Å². The highest BCUT2D eigenvalue weighted by Gasteiger charge is 2.53. The van der Waals surface area contributed by atoms with E-state index >= 15 is 0 Å². The molecule has 1 heterocycles. The van der Waals surface area contributed by atoms with Gasteiger partial charge in [0.1, 0.15) is 0 Å². The number of hydrogen-bond donors (Lipinski definition) is 1. The molecule has 2 rings (SSSR count). The SMILES string of the molecule is OCC1CC12CCOCC2. The van der Waals surface area contributed by atoms with Crippen LogP contribution >= 0.6 is 0 Å². The monoisotopic (exact) mass is 142 g/mol. The minimum Gasteiger partial charge on any atom is -0.396 e. The molecule has 1 aliphatic heterocycles. The third-order valence-electron chi connectivity index (χ3n) is 3.07. The fourth-order valence-electron chi connectivity index (χ4n) is 2.08. The summed E-state index contributed by atoms with van der Waals surface area (Å²) < 4.78 is 5.26. The second-order valence-electron chi connectivity index (χ2n) is 3.56. The molecule has 1 saturated heterocycles. The smallest absolute Gasteiger partial charge is 0.0471 e. The third-order valence-corrected chi connectivity index (χ3v) is 3.07. The molecule has 1 aliphatic carbocycles. The first-order valence-corrected chi connectivity index (χ1v) is 4.06. The Balaban J connectivity index is 1.92. The second-order valence-corrected chi connectivity index (χ2v) is 3.56. The molecule has 2 aliphatic rings. The Hall–Kier alpha value is -0.0800. The van der Waals surface area contributed by atoms with Crippen molar-refractivity contribution in [1.82, 2.24) is 0 Å². The van der Waals surface area contributed by atoms with Crippen LogP contribution in [0.25, 0.3) is 0 Å². The molecule has 0 amide bonds. The number of aliphatic hydroxyl groups excluding tert-OH is 1. The lowest BCUT2D eigenvalue weighted by atomic mass is 9.94. The van der Waals surface area contributed by atoms with Crippen LogP contribution in [0.4, 0.5) is 0 Å². The summed E-state index contributed by atoms with van der Waals surface area (Å²) in [6.07, 6.45) is 3.60. The minimum absolute atomic E-state index is 0.389. The minimum atomic E-state index is 0.389. The van der Waals surface area contributed by atoms with Crippen molar-refractivity contribution in [2.24, 2.45) is 11.3 Å².